The largest absolute Gasteiger partial charge is 0.352 e. The molecule has 0 saturated carbocycles. The maximum atomic E-state index is 12.1. The fourth-order valence-corrected chi connectivity index (χ4v) is 2.84. The summed E-state index contributed by atoms with van der Waals surface area (Å²) in [5.74, 6) is 0.0378. The zero-order chi connectivity index (χ0) is 18.1. The summed E-state index contributed by atoms with van der Waals surface area (Å²) in [7, 11) is 0. The zero-order valence-corrected chi connectivity index (χ0v) is 15.5. The molecule has 25 heavy (non-hydrogen) atoms. The molecule has 0 saturated heterocycles. The van der Waals surface area contributed by atoms with Crippen molar-refractivity contribution < 1.29 is 9.59 Å². The number of rotatable bonds is 9. The lowest BCUT2D eigenvalue weighted by atomic mass is 10.1. The standard InChI is InChI=1S/C19H21ClN2O2S/c20-15-7-8-18(25)17(12-15)19(24)22-10-3-1-2-6-16(23)11-14-5-4-9-21-13-14/h4-5,7-9,12-13,25H,1-3,6,10-11H2,(H,22,24). The lowest BCUT2D eigenvalue weighted by molar-refractivity contribution is -0.118. The quantitative estimate of drug-likeness (QED) is 0.511. The van der Waals surface area contributed by atoms with Crippen molar-refractivity contribution in [2.75, 3.05) is 6.54 Å². The van der Waals surface area contributed by atoms with E-state index in [-0.39, 0.29) is 11.7 Å². The predicted molar refractivity (Wildman–Crippen MR) is 102 cm³/mol. The number of benzene rings is 1. The second kappa shape index (κ2) is 10.2. The third-order valence-corrected chi connectivity index (χ3v) is 4.37. The number of unbranched alkanes of at least 4 members (excludes halogenated alkanes) is 2. The molecule has 0 fully saturated rings. The number of halogens is 1. The summed E-state index contributed by atoms with van der Waals surface area (Å²) in [6, 6.07) is 8.75. The SMILES string of the molecule is O=C(CCCCCNC(=O)c1cc(Cl)ccc1S)Cc1cccnc1. The van der Waals surface area contributed by atoms with Gasteiger partial charge in [0.05, 0.1) is 5.56 Å². The van der Waals surface area contributed by atoms with Crippen molar-refractivity contribution in [3.05, 3.63) is 58.9 Å². The van der Waals surface area contributed by atoms with Crippen molar-refractivity contribution >= 4 is 35.9 Å². The first-order valence-corrected chi connectivity index (χ1v) is 9.06. The van der Waals surface area contributed by atoms with Gasteiger partial charge in [-0.2, -0.15) is 0 Å². The van der Waals surface area contributed by atoms with E-state index in [0.29, 0.717) is 34.9 Å². The van der Waals surface area contributed by atoms with E-state index in [2.05, 4.69) is 22.9 Å². The number of nitrogens with zero attached hydrogens (tertiary/aromatic N) is 1. The van der Waals surface area contributed by atoms with Crippen molar-refractivity contribution in [2.45, 2.75) is 37.0 Å². The van der Waals surface area contributed by atoms with Crippen LogP contribution in [0.5, 0.6) is 0 Å². The number of hydrogen-bond acceptors (Lipinski definition) is 4. The Morgan fingerprint density at radius 1 is 1.16 bits per heavy atom. The number of aromatic nitrogens is 1. The lowest BCUT2D eigenvalue weighted by Gasteiger charge is -2.07. The number of carbonyl (C=O) groups is 2. The molecule has 2 rings (SSSR count). The van der Waals surface area contributed by atoms with Crippen molar-refractivity contribution in [1.82, 2.24) is 10.3 Å². The fourth-order valence-electron chi connectivity index (χ4n) is 2.43. The number of ketones is 1. The minimum absolute atomic E-state index is 0.180. The Balaban J connectivity index is 1.61. The molecule has 6 heteroatoms. The summed E-state index contributed by atoms with van der Waals surface area (Å²) in [6.07, 6.45) is 6.95. The van der Waals surface area contributed by atoms with Gasteiger partial charge in [-0.3, -0.25) is 14.6 Å². The molecule has 1 amide bonds. The van der Waals surface area contributed by atoms with Crippen LogP contribution in [-0.4, -0.2) is 23.2 Å². The van der Waals surface area contributed by atoms with E-state index in [4.69, 9.17) is 11.6 Å². The predicted octanol–water partition coefficient (Wildman–Crippen LogP) is 4.13. The van der Waals surface area contributed by atoms with E-state index >= 15 is 0 Å². The van der Waals surface area contributed by atoms with E-state index in [1.807, 2.05) is 12.1 Å². The molecule has 132 valence electrons. The summed E-state index contributed by atoms with van der Waals surface area (Å²) in [5.41, 5.74) is 1.42. The molecule has 0 aliphatic carbocycles. The first-order chi connectivity index (χ1) is 12.1. The number of Topliss-reactive ketones (excluding diaryl/α,β-unsaturated/α-hetero) is 1. The molecule has 0 spiro atoms. The van der Waals surface area contributed by atoms with E-state index in [1.165, 1.54) is 0 Å². The molecular weight excluding hydrogens is 356 g/mol. The summed E-state index contributed by atoms with van der Waals surface area (Å²) in [6.45, 7) is 0.565. The van der Waals surface area contributed by atoms with E-state index in [0.717, 1.165) is 24.8 Å². The van der Waals surface area contributed by atoms with Crippen LogP contribution in [0.4, 0.5) is 0 Å². The van der Waals surface area contributed by atoms with Gasteiger partial charge in [0.25, 0.3) is 5.91 Å². The molecule has 4 nitrogen and oxygen atoms in total. The molecule has 1 heterocycles. The minimum Gasteiger partial charge on any atom is -0.352 e. The van der Waals surface area contributed by atoms with Crippen LogP contribution in [0.15, 0.2) is 47.6 Å². The van der Waals surface area contributed by atoms with Gasteiger partial charge in [0.1, 0.15) is 5.78 Å². The molecular formula is C19H21ClN2O2S. The Morgan fingerprint density at radius 2 is 2.00 bits per heavy atom. The maximum absolute atomic E-state index is 12.1. The zero-order valence-electron chi connectivity index (χ0n) is 13.9. The van der Waals surface area contributed by atoms with Crippen LogP contribution in [0.25, 0.3) is 0 Å². The van der Waals surface area contributed by atoms with Gasteiger partial charge in [-0.25, -0.2) is 0 Å². The Bertz CT molecular complexity index is 723. The highest BCUT2D eigenvalue weighted by Crippen LogP contribution is 2.19. The number of nitrogens with one attached hydrogen (secondary N) is 1. The second-order valence-electron chi connectivity index (χ2n) is 5.80. The third-order valence-electron chi connectivity index (χ3n) is 3.75. The van der Waals surface area contributed by atoms with Gasteiger partial charge in [-0.1, -0.05) is 24.1 Å². The van der Waals surface area contributed by atoms with Crippen LogP contribution in [0.1, 0.15) is 41.6 Å². The summed E-state index contributed by atoms with van der Waals surface area (Å²) < 4.78 is 0. The van der Waals surface area contributed by atoms with Crippen LogP contribution in [0.3, 0.4) is 0 Å². The van der Waals surface area contributed by atoms with Crippen LogP contribution in [0.2, 0.25) is 5.02 Å². The molecule has 2 aromatic rings. The average Bonchev–Trinajstić information content (AvgIpc) is 2.60. The van der Waals surface area contributed by atoms with Crippen molar-refractivity contribution in [1.29, 1.82) is 0 Å². The molecule has 1 aromatic carbocycles. The van der Waals surface area contributed by atoms with Gasteiger partial charge in [0.2, 0.25) is 0 Å². The summed E-state index contributed by atoms with van der Waals surface area (Å²) >= 11 is 10.2. The third kappa shape index (κ3) is 6.88. The number of pyridine rings is 1. The molecule has 0 aliphatic heterocycles. The minimum atomic E-state index is -0.180. The van der Waals surface area contributed by atoms with Gasteiger partial charge in [-0.15, -0.1) is 12.6 Å². The van der Waals surface area contributed by atoms with Crippen molar-refractivity contribution in [2.24, 2.45) is 0 Å². The lowest BCUT2D eigenvalue weighted by Crippen LogP contribution is -2.24. The molecule has 0 unspecified atom stereocenters. The second-order valence-corrected chi connectivity index (χ2v) is 6.72. The molecule has 0 radical (unpaired) electrons. The number of carbonyl (C=O) groups excluding carboxylic acids is 2. The molecule has 1 aromatic heterocycles. The van der Waals surface area contributed by atoms with Gasteiger partial charge < -0.3 is 5.32 Å². The fraction of sp³-hybridized carbons (Fsp3) is 0.316. The van der Waals surface area contributed by atoms with Crippen LogP contribution >= 0.6 is 24.2 Å². The maximum Gasteiger partial charge on any atom is 0.252 e. The van der Waals surface area contributed by atoms with Crippen LogP contribution < -0.4 is 5.32 Å². The highest BCUT2D eigenvalue weighted by atomic mass is 35.5. The number of amides is 1. The Labute approximate surface area is 158 Å². The van der Waals surface area contributed by atoms with E-state index in [1.54, 1.807) is 30.6 Å². The van der Waals surface area contributed by atoms with Crippen molar-refractivity contribution in [3.63, 3.8) is 0 Å². The Morgan fingerprint density at radius 3 is 2.76 bits per heavy atom. The molecule has 0 atom stereocenters. The van der Waals surface area contributed by atoms with Gasteiger partial charge in [0, 0.05) is 41.7 Å². The average molecular weight is 377 g/mol. The summed E-state index contributed by atoms with van der Waals surface area (Å²) in [4.78, 5) is 28.6. The first-order valence-electron chi connectivity index (χ1n) is 8.23. The molecule has 0 bridgehead atoms. The van der Waals surface area contributed by atoms with Crippen LogP contribution in [0, 0.1) is 0 Å². The summed E-state index contributed by atoms with van der Waals surface area (Å²) in [5, 5.41) is 3.36. The highest BCUT2D eigenvalue weighted by molar-refractivity contribution is 7.80. The van der Waals surface area contributed by atoms with E-state index in [9.17, 15) is 9.59 Å². The molecule has 0 aliphatic rings. The Hall–Kier alpha value is -1.85. The molecule has 1 N–H and O–H groups in total. The highest BCUT2D eigenvalue weighted by Gasteiger charge is 2.09. The Kier molecular flexibility index (Phi) is 7.95. The normalized spacial score (nSPS) is 10.5. The van der Waals surface area contributed by atoms with Crippen molar-refractivity contribution in [3.8, 4) is 0 Å². The van der Waals surface area contributed by atoms with E-state index < -0.39 is 0 Å². The number of hydrogen-bond donors (Lipinski definition) is 2. The number of thiol groups is 1. The van der Waals surface area contributed by atoms with Gasteiger partial charge in [0.15, 0.2) is 0 Å². The van der Waals surface area contributed by atoms with Crippen LogP contribution in [-0.2, 0) is 11.2 Å². The first kappa shape index (κ1) is 19.5. The smallest absolute Gasteiger partial charge is 0.252 e. The van der Waals surface area contributed by atoms with Gasteiger partial charge in [-0.05, 0) is 42.7 Å². The monoisotopic (exact) mass is 376 g/mol. The van der Waals surface area contributed by atoms with Gasteiger partial charge >= 0.3 is 0 Å². The topological polar surface area (TPSA) is 59.1 Å².